The second-order valence-corrected chi connectivity index (χ2v) is 5.12. The molecule has 1 N–H and O–H groups in total. The predicted molar refractivity (Wildman–Crippen MR) is 67.7 cm³/mol. The second-order valence-electron chi connectivity index (χ2n) is 5.12. The Morgan fingerprint density at radius 1 is 1.29 bits per heavy atom. The summed E-state index contributed by atoms with van der Waals surface area (Å²) >= 11 is 0. The lowest BCUT2D eigenvalue weighted by molar-refractivity contribution is 0.0395. The van der Waals surface area contributed by atoms with Crippen LogP contribution < -0.4 is 0 Å². The minimum Gasteiger partial charge on any atom is -0.396 e. The van der Waals surface area contributed by atoms with E-state index < -0.39 is 0 Å². The van der Waals surface area contributed by atoms with Crippen molar-refractivity contribution in [3.8, 4) is 0 Å². The number of nitrogens with zero attached hydrogens (tertiary/aromatic N) is 3. The number of hydrogen-bond donors (Lipinski definition) is 1. The molecule has 96 valence electrons. The van der Waals surface area contributed by atoms with E-state index in [1.165, 1.54) is 0 Å². The minimum atomic E-state index is 0.197. The van der Waals surface area contributed by atoms with E-state index in [1.807, 2.05) is 23.1 Å². The Kier molecular flexibility index (Phi) is 4.18. The number of piperidine rings is 1. The Bertz CT molecular complexity index is 309. The molecule has 1 aromatic rings. The van der Waals surface area contributed by atoms with E-state index in [9.17, 15) is 5.11 Å². The average molecular weight is 237 g/mol. The van der Waals surface area contributed by atoms with E-state index >= 15 is 0 Å². The number of rotatable bonds is 5. The Labute approximate surface area is 103 Å². The van der Waals surface area contributed by atoms with Crippen molar-refractivity contribution in [1.29, 1.82) is 0 Å². The molecule has 2 rings (SSSR count). The number of aliphatic hydroxyl groups excluding tert-OH is 1. The molecule has 1 aliphatic heterocycles. The summed E-state index contributed by atoms with van der Waals surface area (Å²) in [7, 11) is 0. The number of aliphatic hydroxyl groups is 1. The van der Waals surface area contributed by atoms with Crippen LogP contribution in [-0.2, 0) is 6.54 Å². The van der Waals surface area contributed by atoms with Crippen molar-refractivity contribution in [3.05, 3.63) is 18.5 Å². The van der Waals surface area contributed by atoms with Gasteiger partial charge in [0.05, 0.1) is 6.54 Å². The van der Waals surface area contributed by atoms with E-state index in [0.717, 1.165) is 45.4 Å². The maximum atomic E-state index is 9.48. The summed E-state index contributed by atoms with van der Waals surface area (Å²) in [5.74, 6) is 0. The van der Waals surface area contributed by atoms with Gasteiger partial charge >= 0.3 is 0 Å². The van der Waals surface area contributed by atoms with Crippen LogP contribution in [0.5, 0.6) is 0 Å². The van der Waals surface area contributed by atoms with Gasteiger partial charge < -0.3 is 10.0 Å². The topological polar surface area (TPSA) is 41.3 Å². The van der Waals surface area contributed by atoms with Crippen LogP contribution >= 0.6 is 0 Å². The molecule has 4 nitrogen and oxygen atoms in total. The molecule has 0 bridgehead atoms. The second kappa shape index (κ2) is 5.65. The quantitative estimate of drug-likeness (QED) is 0.841. The third-order valence-corrected chi connectivity index (χ3v) is 4.21. The normalized spacial score (nSPS) is 20.6. The van der Waals surface area contributed by atoms with Crippen LogP contribution in [0, 0.1) is 5.41 Å². The standard InChI is InChI=1S/C13H23N3O/c1-2-13(12-17)4-8-15(9-5-13)10-11-16-7-3-6-14-16/h3,6-7,17H,2,4-5,8-12H2,1H3. The molecule has 0 atom stereocenters. The largest absolute Gasteiger partial charge is 0.396 e. The van der Waals surface area contributed by atoms with Crippen molar-refractivity contribution in [1.82, 2.24) is 14.7 Å². The van der Waals surface area contributed by atoms with Crippen molar-refractivity contribution in [3.63, 3.8) is 0 Å². The van der Waals surface area contributed by atoms with Crippen LogP contribution in [0.15, 0.2) is 18.5 Å². The third-order valence-electron chi connectivity index (χ3n) is 4.21. The van der Waals surface area contributed by atoms with Gasteiger partial charge in [-0.25, -0.2) is 0 Å². The molecular weight excluding hydrogens is 214 g/mol. The summed E-state index contributed by atoms with van der Waals surface area (Å²) in [5, 5.41) is 13.7. The molecule has 0 radical (unpaired) electrons. The fourth-order valence-electron chi connectivity index (χ4n) is 2.55. The maximum Gasteiger partial charge on any atom is 0.0536 e. The van der Waals surface area contributed by atoms with Crippen molar-refractivity contribution in [2.75, 3.05) is 26.2 Å². The van der Waals surface area contributed by atoms with Crippen molar-refractivity contribution < 1.29 is 5.11 Å². The van der Waals surface area contributed by atoms with E-state index in [0.29, 0.717) is 6.61 Å². The first-order chi connectivity index (χ1) is 8.28. The summed E-state index contributed by atoms with van der Waals surface area (Å²) in [5.41, 5.74) is 0.197. The first-order valence-electron chi connectivity index (χ1n) is 6.59. The lowest BCUT2D eigenvalue weighted by atomic mass is 9.77. The fourth-order valence-corrected chi connectivity index (χ4v) is 2.55. The Balaban J connectivity index is 1.75. The van der Waals surface area contributed by atoms with Crippen LogP contribution in [0.25, 0.3) is 0 Å². The van der Waals surface area contributed by atoms with Crippen molar-refractivity contribution in [2.24, 2.45) is 5.41 Å². The first-order valence-corrected chi connectivity index (χ1v) is 6.59. The SMILES string of the molecule is CCC1(CO)CCN(CCn2cccn2)CC1. The highest BCUT2D eigenvalue weighted by molar-refractivity contribution is 4.85. The summed E-state index contributed by atoms with van der Waals surface area (Å²) in [4.78, 5) is 2.48. The third kappa shape index (κ3) is 3.07. The Hall–Kier alpha value is -0.870. The molecule has 1 fully saturated rings. The summed E-state index contributed by atoms with van der Waals surface area (Å²) < 4.78 is 1.98. The van der Waals surface area contributed by atoms with E-state index in [1.54, 1.807) is 0 Å². The van der Waals surface area contributed by atoms with Crippen molar-refractivity contribution in [2.45, 2.75) is 32.7 Å². The Morgan fingerprint density at radius 3 is 2.59 bits per heavy atom. The first kappa shape index (κ1) is 12.6. The monoisotopic (exact) mass is 237 g/mol. The van der Waals surface area contributed by atoms with Gasteiger partial charge in [-0.05, 0) is 43.8 Å². The van der Waals surface area contributed by atoms with Crippen LogP contribution in [0.4, 0.5) is 0 Å². The van der Waals surface area contributed by atoms with Gasteiger partial charge in [0.25, 0.3) is 0 Å². The molecule has 1 aliphatic rings. The highest BCUT2D eigenvalue weighted by atomic mass is 16.3. The number of hydrogen-bond acceptors (Lipinski definition) is 3. The zero-order chi connectivity index (χ0) is 12.1. The van der Waals surface area contributed by atoms with Gasteiger partial charge in [-0.1, -0.05) is 6.92 Å². The van der Waals surface area contributed by atoms with Gasteiger partial charge in [0, 0.05) is 25.5 Å². The summed E-state index contributed by atoms with van der Waals surface area (Å²) in [6, 6.07) is 1.96. The van der Waals surface area contributed by atoms with Crippen LogP contribution in [0.3, 0.4) is 0 Å². The highest BCUT2D eigenvalue weighted by Gasteiger charge is 2.31. The number of likely N-dealkylation sites (tertiary alicyclic amines) is 1. The van der Waals surface area contributed by atoms with E-state index in [-0.39, 0.29) is 5.41 Å². The highest BCUT2D eigenvalue weighted by Crippen LogP contribution is 2.33. The molecule has 4 heteroatoms. The molecule has 0 spiro atoms. The van der Waals surface area contributed by atoms with Gasteiger partial charge in [0.1, 0.15) is 0 Å². The molecule has 17 heavy (non-hydrogen) atoms. The van der Waals surface area contributed by atoms with E-state index in [4.69, 9.17) is 0 Å². The molecule has 0 amide bonds. The molecule has 1 saturated heterocycles. The van der Waals surface area contributed by atoms with Crippen LogP contribution in [0.1, 0.15) is 26.2 Å². The lowest BCUT2D eigenvalue weighted by Crippen LogP contribution is -2.42. The average Bonchev–Trinajstić information content (AvgIpc) is 2.90. The van der Waals surface area contributed by atoms with Crippen LogP contribution in [-0.4, -0.2) is 46.0 Å². The molecule has 0 aliphatic carbocycles. The molecular formula is C13H23N3O. The maximum absolute atomic E-state index is 9.48. The zero-order valence-electron chi connectivity index (χ0n) is 10.7. The van der Waals surface area contributed by atoms with Gasteiger partial charge in [0.2, 0.25) is 0 Å². The van der Waals surface area contributed by atoms with Gasteiger partial charge in [-0.3, -0.25) is 4.68 Å². The van der Waals surface area contributed by atoms with Gasteiger partial charge in [0.15, 0.2) is 0 Å². The molecule has 0 unspecified atom stereocenters. The molecule has 2 heterocycles. The van der Waals surface area contributed by atoms with Crippen molar-refractivity contribution >= 4 is 0 Å². The molecule has 1 aromatic heterocycles. The molecule has 0 saturated carbocycles. The van der Waals surface area contributed by atoms with E-state index in [2.05, 4.69) is 16.9 Å². The van der Waals surface area contributed by atoms with Crippen LogP contribution in [0.2, 0.25) is 0 Å². The Morgan fingerprint density at radius 2 is 2.06 bits per heavy atom. The fraction of sp³-hybridized carbons (Fsp3) is 0.769. The predicted octanol–water partition coefficient (Wildman–Crippen LogP) is 1.37. The summed E-state index contributed by atoms with van der Waals surface area (Å²) in [6.45, 7) is 6.77. The zero-order valence-corrected chi connectivity index (χ0v) is 10.7. The molecule has 0 aromatic carbocycles. The minimum absolute atomic E-state index is 0.197. The summed E-state index contributed by atoms with van der Waals surface area (Å²) in [6.07, 6.45) is 7.17. The lowest BCUT2D eigenvalue weighted by Gasteiger charge is -2.40. The van der Waals surface area contributed by atoms with Gasteiger partial charge in [-0.2, -0.15) is 5.10 Å². The van der Waals surface area contributed by atoms with Gasteiger partial charge in [-0.15, -0.1) is 0 Å². The smallest absolute Gasteiger partial charge is 0.0536 e. The number of aromatic nitrogens is 2.